The summed E-state index contributed by atoms with van der Waals surface area (Å²) in [7, 11) is 2.21. The van der Waals surface area contributed by atoms with Crippen molar-refractivity contribution in [1.29, 1.82) is 0 Å². The zero-order valence-corrected chi connectivity index (χ0v) is 23.9. The van der Waals surface area contributed by atoms with Crippen LogP contribution >= 0.6 is 0 Å². The lowest BCUT2D eigenvalue weighted by molar-refractivity contribution is -0.131. The molecule has 204 valence electrons. The highest BCUT2D eigenvalue weighted by atomic mass is 16.2. The van der Waals surface area contributed by atoms with Gasteiger partial charge in [0.25, 0.3) is 0 Å². The van der Waals surface area contributed by atoms with Gasteiger partial charge in [-0.25, -0.2) is 0 Å². The number of benzene rings is 1. The minimum absolute atomic E-state index is 0.0395. The number of unbranched alkanes of at least 4 members (excludes halogenated alkanes) is 1. The molecule has 2 aliphatic carbocycles. The number of hydrogen-bond acceptors (Lipinski definition) is 3. The maximum absolute atomic E-state index is 12.4. The molecule has 1 saturated heterocycles. The number of likely N-dealkylation sites (tertiary alicyclic amines) is 1. The van der Waals surface area contributed by atoms with Crippen molar-refractivity contribution in [3.8, 4) is 12.8 Å². The smallest absolute Gasteiger partial charge is 0.222 e. The van der Waals surface area contributed by atoms with Gasteiger partial charge in [0, 0.05) is 31.6 Å². The molecule has 4 heteroatoms. The fourth-order valence-corrected chi connectivity index (χ4v) is 5.80. The van der Waals surface area contributed by atoms with Crippen molar-refractivity contribution >= 4 is 5.91 Å². The van der Waals surface area contributed by atoms with E-state index >= 15 is 0 Å². The molecule has 1 aromatic rings. The lowest BCUT2D eigenvalue weighted by atomic mass is 9.86. The Morgan fingerprint density at radius 1 is 1.06 bits per heavy atom. The summed E-state index contributed by atoms with van der Waals surface area (Å²) >= 11 is 0. The van der Waals surface area contributed by atoms with E-state index in [0.717, 1.165) is 25.9 Å². The van der Waals surface area contributed by atoms with E-state index in [1.54, 1.807) is 0 Å². The number of likely N-dealkylation sites (N-methyl/N-ethyl adjacent to an activating group) is 1. The minimum atomic E-state index is -0.0395. The molecule has 3 fully saturated rings. The fourth-order valence-electron chi connectivity index (χ4n) is 5.80. The van der Waals surface area contributed by atoms with E-state index in [0.29, 0.717) is 17.7 Å². The average Bonchev–Trinajstić information content (AvgIpc) is 3.45. The molecule has 3 aliphatic rings. The Labute approximate surface area is 223 Å². The van der Waals surface area contributed by atoms with Crippen molar-refractivity contribution in [2.75, 3.05) is 33.2 Å². The van der Waals surface area contributed by atoms with Gasteiger partial charge in [-0.05, 0) is 69.5 Å². The largest absolute Gasteiger partial charge is 0.340 e. The summed E-state index contributed by atoms with van der Waals surface area (Å²) < 4.78 is 0. The number of rotatable bonds is 8. The lowest BCUT2D eigenvalue weighted by Crippen LogP contribution is -2.45. The predicted molar refractivity (Wildman–Crippen MR) is 156 cm³/mol. The monoisotopic (exact) mass is 497 g/mol. The number of nitrogens with two attached hydrogens (primary N) is 1. The summed E-state index contributed by atoms with van der Waals surface area (Å²) in [6, 6.07) is 10.7. The SMILES string of the molecule is C#C.CC.CCCCN(C)CCc1ccccc1.NC12CCCC1CN(C(=O)CC1CCCCC1)C2. The number of fused-ring (bicyclic) bond motifs is 1. The number of terminal acetylenes is 1. The van der Waals surface area contributed by atoms with Crippen LogP contribution in [0.4, 0.5) is 0 Å². The Morgan fingerprint density at radius 2 is 1.72 bits per heavy atom. The standard InChI is InChI=1S/C15H26N2O.C13H21N.C2H6.C2H2/c16-15-8-4-7-13(15)10-17(11-15)14(18)9-12-5-2-1-3-6-12;1-3-4-11-14(2)12-10-13-8-6-5-7-9-13;2*1-2/h12-13H,1-11,16H2;5-9H,3-4,10-12H2,1-2H3;1-2H3;1-2H. The molecule has 2 unspecified atom stereocenters. The number of nitrogens with zero attached hydrogens (tertiary/aromatic N) is 2. The van der Waals surface area contributed by atoms with Gasteiger partial charge >= 0.3 is 0 Å². The quantitative estimate of drug-likeness (QED) is 0.415. The molecule has 1 amide bonds. The molecule has 36 heavy (non-hydrogen) atoms. The number of carbonyl (C=O) groups is 1. The predicted octanol–water partition coefficient (Wildman–Crippen LogP) is 6.53. The van der Waals surface area contributed by atoms with Gasteiger partial charge in [0.05, 0.1) is 0 Å². The lowest BCUT2D eigenvalue weighted by Gasteiger charge is -2.26. The van der Waals surface area contributed by atoms with Crippen LogP contribution < -0.4 is 5.73 Å². The molecule has 4 rings (SSSR count). The van der Waals surface area contributed by atoms with Crippen molar-refractivity contribution in [3.05, 3.63) is 35.9 Å². The van der Waals surface area contributed by atoms with Gasteiger partial charge < -0.3 is 15.5 Å². The average molecular weight is 498 g/mol. The van der Waals surface area contributed by atoms with E-state index in [1.165, 1.54) is 82.9 Å². The van der Waals surface area contributed by atoms with Crippen molar-refractivity contribution in [2.45, 2.75) is 103 Å². The van der Waals surface area contributed by atoms with Gasteiger partial charge in [0.2, 0.25) is 5.91 Å². The van der Waals surface area contributed by atoms with Crippen LogP contribution in [0.5, 0.6) is 0 Å². The summed E-state index contributed by atoms with van der Waals surface area (Å²) in [6.07, 6.45) is 22.7. The molecule has 0 radical (unpaired) electrons. The van der Waals surface area contributed by atoms with Gasteiger partial charge in [-0.15, -0.1) is 12.8 Å². The normalized spacial score (nSPS) is 22.9. The van der Waals surface area contributed by atoms with Crippen LogP contribution in [0.25, 0.3) is 0 Å². The van der Waals surface area contributed by atoms with E-state index in [-0.39, 0.29) is 5.54 Å². The molecule has 1 aliphatic heterocycles. The highest BCUT2D eigenvalue weighted by Gasteiger charge is 2.47. The first-order valence-electron chi connectivity index (χ1n) is 14.6. The van der Waals surface area contributed by atoms with Gasteiger partial charge in [0.1, 0.15) is 0 Å². The maximum atomic E-state index is 12.4. The Kier molecular flexibility index (Phi) is 16.5. The molecule has 1 aromatic carbocycles. The number of hydrogen-bond donors (Lipinski definition) is 1. The zero-order chi connectivity index (χ0) is 26.8. The molecule has 2 saturated carbocycles. The number of carbonyl (C=O) groups excluding carboxylic acids is 1. The Morgan fingerprint density at radius 3 is 2.33 bits per heavy atom. The van der Waals surface area contributed by atoms with Crippen molar-refractivity contribution in [3.63, 3.8) is 0 Å². The van der Waals surface area contributed by atoms with Crippen LogP contribution in [-0.2, 0) is 11.2 Å². The van der Waals surface area contributed by atoms with E-state index < -0.39 is 0 Å². The van der Waals surface area contributed by atoms with E-state index in [2.05, 4.69) is 66.9 Å². The maximum Gasteiger partial charge on any atom is 0.222 e. The molecule has 2 N–H and O–H groups in total. The van der Waals surface area contributed by atoms with Crippen LogP contribution in [0.3, 0.4) is 0 Å². The first-order chi connectivity index (χ1) is 17.5. The van der Waals surface area contributed by atoms with Gasteiger partial charge in [-0.2, -0.15) is 0 Å². The fraction of sp³-hybridized carbons (Fsp3) is 0.719. The molecule has 0 aromatic heterocycles. The van der Waals surface area contributed by atoms with Gasteiger partial charge in [-0.1, -0.05) is 83.2 Å². The van der Waals surface area contributed by atoms with Crippen LogP contribution in [0.2, 0.25) is 0 Å². The second-order valence-corrected chi connectivity index (χ2v) is 10.7. The van der Waals surface area contributed by atoms with Gasteiger partial charge in [-0.3, -0.25) is 4.79 Å². The van der Waals surface area contributed by atoms with E-state index in [4.69, 9.17) is 5.73 Å². The Bertz CT molecular complexity index is 713. The highest BCUT2D eigenvalue weighted by molar-refractivity contribution is 5.77. The zero-order valence-electron chi connectivity index (χ0n) is 23.9. The molecular weight excluding hydrogens is 442 g/mol. The summed E-state index contributed by atoms with van der Waals surface area (Å²) in [5, 5.41) is 0. The molecule has 0 bridgehead atoms. The highest BCUT2D eigenvalue weighted by Crippen LogP contribution is 2.40. The molecule has 2 atom stereocenters. The molecule has 0 spiro atoms. The first kappa shape index (κ1) is 32.2. The molecule has 4 nitrogen and oxygen atoms in total. The van der Waals surface area contributed by atoms with Crippen molar-refractivity contribution < 1.29 is 4.79 Å². The summed E-state index contributed by atoms with van der Waals surface area (Å²) in [5.74, 6) is 1.61. The van der Waals surface area contributed by atoms with Crippen LogP contribution in [0.15, 0.2) is 30.3 Å². The van der Waals surface area contributed by atoms with Crippen molar-refractivity contribution in [2.24, 2.45) is 17.6 Å². The topological polar surface area (TPSA) is 49.6 Å². The summed E-state index contributed by atoms with van der Waals surface area (Å²) in [4.78, 5) is 16.8. The van der Waals surface area contributed by atoms with Crippen molar-refractivity contribution in [1.82, 2.24) is 9.80 Å². The van der Waals surface area contributed by atoms with Crippen LogP contribution in [-0.4, -0.2) is 54.5 Å². The second kappa shape index (κ2) is 18.4. The van der Waals surface area contributed by atoms with Gasteiger partial charge in [0.15, 0.2) is 0 Å². The first-order valence-corrected chi connectivity index (χ1v) is 14.6. The second-order valence-electron chi connectivity index (χ2n) is 10.7. The van der Waals surface area contributed by atoms with E-state index in [9.17, 15) is 4.79 Å². The Balaban J connectivity index is 0.000000325. The molecular formula is C32H55N3O. The Hall–Kier alpha value is -1.83. The van der Waals surface area contributed by atoms with Crippen LogP contribution in [0.1, 0.15) is 97.0 Å². The summed E-state index contributed by atoms with van der Waals surface area (Å²) in [5.41, 5.74) is 7.83. The number of amides is 1. The third kappa shape index (κ3) is 11.1. The molecule has 1 heterocycles. The third-order valence-corrected chi connectivity index (χ3v) is 7.99. The van der Waals surface area contributed by atoms with Crippen LogP contribution in [0, 0.1) is 24.7 Å². The minimum Gasteiger partial charge on any atom is -0.340 e. The third-order valence-electron chi connectivity index (χ3n) is 7.99. The van der Waals surface area contributed by atoms with E-state index in [1.807, 2.05) is 13.8 Å². The summed E-state index contributed by atoms with van der Waals surface area (Å²) in [6.45, 7) is 10.4.